The molecule has 0 aromatic heterocycles. The smallest absolute Gasteiger partial charge is 0.0914 e. The first-order valence-electron chi connectivity index (χ1n) is 8.82. The zero-order valence-electron chi connectivity index (χ0n) is 14.9. The molecule has 2 N–H and O–H groups in total. The van der Waals surface area contributed by atoms with Gasteiger partial charge in [0, 0.05) is 16.5 Å². The molecule has 2 heterocycles. The summed E-state index contributed by atoms with van der Waals surface area (Å²) in [5, 5.41) is 25.3. The molecule has 0 fully saturated rings. The van der Waals surface area contributed by atoms with Gasteiger partial charge in [0.15, 0.2) is 0 Å². The van der Waals surface area contributed by atoms with E-state index >= 15 is 0 Å². The van der Waals surface area contributed by atoms with E-state index in [1.807, 2.05) is 24.3 Å². The quantitative estimate of drug-likeness (QED) is 0.411. The molecule has 1 aromatic rings. The maximum atomic E-state index is 11.0. The van der Waals surface area contributed by atoms with Crippen LogP contribution in [0.5, 0.6) is 0 Å². The maximum Gasteiger partial charge on any atom is 0.0914 e. The van der Waals surface area contributed by atoms with Crippen LogP contribution in [-0.4, -0.2) is 25.8 Å². The van der Waals surface area contributed by atoms with Crippen LogP contribution in [-0.2, 0) is 12.8 Å². The fourth-order valence-electron chi connectivity index (χ4n) is 4.15. The Labute approximate surface area is 146 Å². The van der Waals surface area contributed by atoms with E-state index in [2.05, 4.69) is 25.9 Å². The predicted molar refractivity (Wildman–Crippen MR) is 98.0 cm³/mol. The third kappa shape index (κ3) is 2.29. The Hall–Kier alpha value is -2.56. The van der Waals surface area contributed by atoms with Crippen molar-refractivity contribution in [3.05, 3.63) is 41.2 Å². The molecule has 5 nitrogen and oxygen atoms in total. The molecule has 0 amide bonds. The van der Waals surface area contributed by atoms with Crippen LogP contribution in [0, 0.1) is 5.41 Å². The zero-order valence-corrected chi connectivity index (χ0v) is 14.9. The van der Waals surface area contributed by atoms with Crippen LogP contribution in [0.3, 0.4) is 0 Å². The number of para-hydroxylation sites is 1. The van der Waals surface area contributed by atoms with E-state index in [-0.39, 0.29) is 5.41 Å². The molecule has 1 aliphatic carbocycles. The highest BCUT2D eigenvalue weighted by molar-refractivity contribution is 6.12. The zero-order chi connectivity index (χ0) is 17.8. The summed E-state index contributed by atoms with van der Waals surface area (Å²) >= 11 is 0. The minimum absolute atomic E-state index is 0.0811. The van der Waals surface area contributed by atoms with Crippen molar-refractivity contribution in [3.63, 3.8) is 0 Å². The lowest BCUT2D eigenvalue weighted by Crippen LogP contribution is -2.32. The molecular weight excluding hydrogens is 314 g/mol. The van der Waals surface area contributed by atoms with E-state index in [9.17, 15) is 10.4 Å². The molecule has 0 bridgehead atoms. The Morgan fingerprint density at radius 1 is 1.20 bits per heavy atom. The van der Waals surface area contributed by atoms with Crippen molar-refractivity contribution in [1.29, 1.82) is 0 Å². The number of pyridine rings is 1. The van der Waals surface area contributed by atoms with E-state index in [1.54, 1.807) is 0 Å². The van der Waals surface area contributed by atoms with E-state index < -0.39 is 0 Å². The Balaban J connectivity index is 2.17. The molecule has 0 radical (unpaired) electrons. The minimum atomic E-state index is -0.0811. The van der Waals surface area contributed by atoms with Crippen molar-refractivity contribution in [1.82, 2.24) is 9.71 Å². The largest absolute Gasteiger partial charge is 0.428 e. The molecule has 4 rings (SSSR count). The van der Waals surface area contributed by atoms with Crippen LogP contribution < -0.4 is 0 Å². The van der Waals surface area contributed by atoms with Crippen LogP contribution in [0.15, 0.2) is 29.4 Å². The Bertz CT molecular complexity index is 969. The molecule has 0 atom stereocenters. The first-order valence-corrected chi connectivity index (χ1v) is 8.82. The van der Waals surface area contributed by atoms with Gasteiger partial charge in [0.05, 0.1) is 28.3 Å². The molecule has 25 heavy (non-hydrogen) atoms. The fourth-order valence-corrected chi connectivity index (χ4v) is 4.15. The number of hydrogen-bond donors (Lipinski definition) is 2. The number of fused-ring (bicyclic) bond motifs is 5. The molecule has 1 aromatic carbocycles. The molecular formula is C20H23N3O2. The van der Waals surface area contributed by atoms with Gasteiger partial charge in [-0.1, -0.05) is 50.5 Å². The van der Waals surface area contributed by atoms with Crippen LogP contribution in [0.1, 0.15) is 50.6 Å². The summed E-state index contributed by atoms with van der Waals surface area (Å²) in [5.74, 6) is 0. The first kappa shape index (κ1) is 15.9. The summed E-state index contributed by atoms with van der Waals surface area (Å²) in [6.45, 7) is 6.36. The van der Waals surface area contributed by atoms with E-state index in [1.165, 1.54) is 4.73 Å². The minimum Gasteiger partial charge on any atom is -0.428 e. The summed E-state index contributed by atoms with van der Waals surface area (Å²) in [6.07, 6.45) is 3.07. The van der Waals surface area contributed by atoms with Crippen molar-refractivity contribution in [2.45, 2.75) is 46.5 Å². The van der Waals surface area contributed by atoms with Gasteiger partial charge in [-0.2, -0.15) is 4.73 Å². The van der Waals surface area contributed by atoms with Gasteiger partial charge in [-0.05, 0) is 30.7 Å². The second kappa shape index (κ2) is 5.48. The molecule has 0 unspecified atom stereocenters. The molecule has 0 saturated carbocycles. The van der Waals surface area contributed by atoms with Crippen LogP contribution in [0.4, 0.5) is 0 Å². The normalized spacial score (nSPS) is 18.1. The van der Waals surface area contributed by atoms with Gasteiger partial charge in [0.25, 0.3) is 0 Å². The molecule has 5 heteroatoms. The van der Waals surface area contributed by atoms with Crippen molar-refractivity contribution in [3.8, 4) is 11.3 Å². The summed E-state index contributed by atoms with van der Waals surface area (Å²) in [5.41, 5.74) is 5.71. The third-order valence-electron chi connectivity index (χ3n) is 5.16. The summed E-state index contributed by atoms with van der Waals surface area (Å²) in [4.78, 5) is 4.84. The van der Waals surface area contributed by atoms with Crippen LogP contribution in [0.25, 0.3) is 22.2 Å². The van der Waals surface area contributed by atoms with Gasteiger partial charge in [-0.3, -0.25) is 0 Å². The van der Waals surface area contributed by atoms with E-state index in [0.717, 1.165) is 52.0 Å². The molecule has 0 spiro atoms. The van der Waals surface area contributed by atoms with Gasteiger partial charge in [-0.15, -0.1) is 0 Å². The SMILES string of the molecule is CCCc1c2c3ccccc3nc-2c2c(n1O)CC(C)(C)C/C2=N\O. The number of nitrogens with zero attached hydrogens (tertiary/aromatic N) is 3. The van der Waals surface area contributed by atoms with E-state index in [0.29, 0.717) is 18.6 Å². The standard InChI is InChI=1S/C20H23N3O2/c1-4-7-15-17-12-8-5-6-9-13(12)21-19(17)18-14(22-24)10-20(2,3)11-16(18)23(15)25/h5-6,8-9,24-25H,4,7,10-11H2,1-3H3/b22-14+. The second-order valence-electron chi connectivity index (χ2n) is 7.75. The second-order valence-corrected chi connectivity index (χ2v) is 7.75. The molecule has 130 valence electrons. The topological polar surface area (TPSA) is 70.6 Å². The Morgan fingerprint density at radius 3 is 2.68 bits per heavy atom. The molecule has 2 aliphatic heterocycles. The number of hydrogen-bond acceptors (Lipinski definition) is 4. The average molecular weight is 337 g/mol. The Morgan fingerprint density at radius 2 is 1.96 bits per heavy atom. The molecule has 0 saturated heterocycles. The molecule has 3 aliphatic rings. The lowest BCUT2D eigenvalue weighted by molar-refractivity contribution is 0.155. The fraction of sp³-hybridized carbons (Fsp3) is 0.400. The average Bonchev–Trinajstić information content (AvgIpc) is 2.96. The van der Waals surface area contributed by atoms with Gasteiger partial charge in [0.1, 0.15) is 0 Å². The number of benzene rings is 1. The van der Waals surface area contributed by atoms with Crippen LogP contribution in [0.2, 0.25) is 0 Å². The van der Waals surface area contributed by atoms with Gasteiger partial charge < -0.3 is 10.4 Å². The maximum absolute atomic E-state index is 11.0. The highest BCUT2D eigenvalue weighted by atomic mass is 16.5. The highest BCUT2D eigenvalue weighted by Crippen LogP contribution is 2.44. The van der Waals surface area contributed by atoms with Crippen molar-refractivity contribution < 1.29 is 10.4 Å². The van der Waals surface area contributed by atoms with Crippen molar-refractivity contribution in [2.75, 3.05) is 0 Å². The number of rotatable bonds is 2. The summed E-state index contributed by atoms with van der Waals surface area (Å²) in [6, 6.07) is 7.99. The first-order chi connectivity index (χ1) is 12.0. The lowest BCUT2D eigenvalue weighted by Gasteiger charge is -2.34. The lowest BCUT2D eigenvalue weighted by atomic mass is 9.74. The highest BCUT2D eigenvalue weighted by Gasteiger charge is 2.37. The predicted octanol–water partition coefficient (Wildman–Crippen LogP) is 4.48. The monoisotopic (exact) mass is 337 g/mol. The number of aromatic nitrogens is 2. The van der Waals surface area contributed by atoms with Crippen molar-refractivity contribution >= 4 is 16.6 Å². The van der Waals surface area contributed by atoms with Gasteiger partial charge in [-0.25, -0.2) is 4.98 Å². The van der Waals surface area contributed by atoms with Crippen molar-refractivity contribution in [2.24, 2.45) is 10.6 Å². The van der Waals surface area contributed by atoms with E-state index in [4.69, 9.17) is 4.98 Å². The summed E-state index contributed by atoms with van der Waals surface area (Å²) in [7, 11) is 0. The Kier molecular flexibility index (Phi) is 3.49. The third-order valence-corrected chi connectivity index (χ3v) is 5.16. The van der Waals surface area contributed by atoms with Gasteiger partial charge in [0.2, 0.25) is 0 Å². The van der Waals surface area contributed by atoms with Crippen LogP contribution >= 0.6 is 0 Å². The summed E-state index contributed by atoms with van der Waals surface area (Å²) < 4.78 is 1.33. The number of oxime groups is 1. The van der Waals surface area contributed by atoms with Gasteiger partial charge >= 0.3 is 0 Å².